The van der Waals surface area contributed by atoms with Crippen molar-refractivity contribution in [3.63, 3.8) is 0 Å². The summed E-state index contributed by atoms with van der Waals surface area (Å²) in [6.07, 6.45) is 0.311. The average Bonchev–Trinajstić information content (AvgIpc) is 2.72. The van der Waals surface area contributed by atoms with Crippen molar-refractivity contribution >= 4 is 16.9 Å². The van der Waals surface area contributed by atoms with Gasteiger partial charge in [-0.2, -0.15) is 0 Å². The Balaban J connectivity index is 1.84. The maximum atomic E-state index is 12.6. The molecule has 4 aromatic rings. The van der Waals surface area contributed by atoms with Gasteiger partial charge in [-0.15, -0.1) is 0 Å². The van der Waals surface area contributed by atoms with Gasteiger partial charge in [-0.25, -0.2) is 9.59 Å². The normalized spacial score (nSPS) is 10.7. The van der Waals surface area contributed by atoms with Crippen molar-refractivity contribution in [2.75, 3.05) is 0 Å². The fourth-order valence-electron chi connectivity index (χ4n) is 2.95. The molecule has 1 aromatic heterocycles. The molecule has 0 saturated heterocycles. The molecule has 132 valence electrons. The Morgan fingerprint density at radius 1 is 0.815 bits per heavy atom. The standard InChI is InChI=1S/C23H16O4/c24-22(17-11-5-2-6-12-17)27-21-18-13-7-8-14-20(18)26-23(25)19(21)15-16-9-3-1-4-10-16/h1-14H,15H2. The summed E-state index contributed by atoms with van der Waals surface area (Å²) in [6, 6.07) is 25.3. The third-order valence-corrected chi connectivity index (χ3v) is 4.28. The average molecular weight is 356 g/mol. The number of benzene rings is 3. The van der Waals surface area contributed by atoms with E-state index in [2.05, 4.69) is 0 Å². The molecule has 1 heterocycles. The summed E-state index contributed by atoms with van der Waals surface area (Å²) in [6.45, 7) is 0. The number of carbonyl (C=O) groups excluding carboxylic acids is 1. The second-order valence-electron chi connectivity index (χ2n) is 6.11. The van der Waals surface area contributed by atoms with Crippen LogP contribution in [-0.2, 0) is 6.42 Å². The highest BCUT2D eigenvalue weighted by molar-refractivity contribution is 5.94. The summed E-state index contributed by atoms with van der Waals surface area (Å²) in [5.74, 6) is -0.264. The number of rotatable bonds is 4. The molecular weight excluding hydrogens is 340 g/mol. The van der Waals surface area contributed by atoms with Gasteiger partial charge in [0, 0.05) is 6.42 Å². The van der Waals surface area contributed by atoms with Gasteiger partial charge in [-0.1, -0.05) is 60.7 Å². The Kier molecular flexibility index (Phi) is 4.54. The van der Waals surface area contributed by atoms with E-state index in [0.29, 0.717) is 28.5 Å². The van der Waals surface area contributed by atoms with Crippen LogP contribution in [0.3, 0.4) is 0 Å². The smallest absolute Gasteiger partial charge is 0.343 e. The highest BCUT2D eigenvalue weighted by Crippen LogP contribution is 2.29. The lowest BCUT2D eigenvalue weighted by molar-refractivity contribution is 0.0735. The molecule has 27 heavy (non-hydrogen) atoms. The summed E-state index contributed by atoms with van der Waals surface area (Å²) >= 11 is 0. The Labute approximate surface area is 155 Å². The van der Waals surface area contributed by atoms with E-state index in [1.54, 1.807) is 42.5 Å². The maximum Gasteiger partial charge on any atom is 0.343 e. The number of carbonyl (C=O) groups is 1. The van der Waals surface area contributed by atoms with E-state index in [1.165, 1.54) is 0 Å². The molecule has 0 saturated carbocycles. The van der Waals surface area contributed by atoms with Gasteiger partial charge in [0.05, 0.1) is 16.5 Å². The molecule has 0 bridgehead atoms. The topological polar surface area (TPSA) is 56.5 Å². The molecule has 0 N–H and O–H groups in total. The zero-order valence-corrected chi connectivity index (χ0v) is 14.4. The van der Waals surface area contributed by atoms with Crippen molar-refractivity contribution in [3.8, 4) is 5.75 Å². The SMILES string of the molecule is O=C(Oc1c(Cc2ccccc2)c(=O)oc2ccccc12)c1ccccc1. The minimum atomic E-state index is -0.513. The van der Waals surface area contributed by atoms with Gasteiger partial charge in [0.15, 0.2) is 5.75 Å². The predicted octanol–water partition coefficient (Wildman–Crippen LogP) is 4.60. The molecule has 3 aromatic carbocycles. The first-order valence-corrected chi connectivity index (χ1v) is 8.58. The van der Waals surface area contributed by atoms with Crippen LogP contribution in [0.15, 0.2) is 94.1 Å². The monoisotopic (exact) mass is 356 g/mol. The molecule has 0 aliphatic carbocycles. The minimum Gasteiger partial charge on any atom is -0.422 e. The number of hydrogen-bond donors (Lipinski definition) is 0. The number of esters is 1. The first kappa shape index (κ1) is 16.8. The van der Waals surface area contributed by atoms with Gasteiger partial charge in [-0.05, 0) is 29.8 Å². The zero-order chi connectivity index (χ0) is 18.6. The largest absolute Gasteiger partial charge is 0.422 e. The molecule has 0 unspecified atom stereocenters. The van der Waals surface area contributed by atoms with E-state index in [0.717, 1.165) is 5.56 Å². The first-order chi connectivity index (χ1) is 13.2. The second kappa shape index (κ2) is 7.30. The van der Waals surface area contributed by atoms with Gasteiger partial charge in [0.2, 0.25) is 0 Å². The van der Waals surface area contributed by atoms with Crippen LogP contribution in [0, 0.1) is 0 Å². The van der Waals surface area contributed by atoms with Crippen molar-refractivity contribution in [3.05, 3.63) is 112 Å². The zero-order valence-electron chi connectivity index (χ0n) is 14.4. The van der Waals surface area contributed by atoms with Crippen molar-refractivity contribution in [1.82, 2.24) is 0 Å². The Morgan fingerprint density at radius 2 is 1.44 bits per heavy atom. The van der Waals surface area contributed by atoms with Crippen LogP contribution in [0.1, 0.15) is 21.5 Å². The van der Waals surface area contributed by atoms with Gasteiger partial charge in [0.25, 0.3) is 0 Å². The number of fused-ring (bicyclic) bond motifs is 1. The van der Waals surface area contributed by atoms with Crippen LogP contribution >= 0.6 is 0 Å². The van der Waals surface area contributed by atoms with E-state index in [9.17, 15) is 9.59 Å². The Morgan fingerprint density at radius 3 is 2.19 bits per heavy atom. The molecule has 0 radical (unpaired) electrons. The molecule has 4 rings (SSSR count). The fourth-order valence-corrected chi connectivity index (χ4v) is 2.95. The van der Waals surface area contributed by atoms with Crippen LogP contribution in [0.2, 0.25) is 0 Å². The summed E-state index contributed by atoms with van der Waals surface area (Å²) in [5, 5.41) is 0.590. The van der Waals surface area contributed by atoms with E-state index < -0.39 is 11.6 Å². The van der Waals surface area contributed by atoms with Gasteiger partial charge in [0.1, 0.15) is 5.58 Å². The Bertz CT molecular complexity index is 1150. The van der Waals surface area contributed by atoms with Gasteiger partial charge < -0.3 is 9.15 Å². The van der Waals surface area contributed by atoms with Crippen molar-refractivity contribution < 1.29 is 13.9 Å². The molecule has 0 amide bonds. The molecular formula is C23H16O4. The van der Waals surface area contributed by atoms with Crippen LogP contribution in [0.5, 0.6) is 5.75 Å². The Hall–Kier alpha value is -3.66. The van der Waals surface area contributed by atoms with E-state index in [-0.39, 0.29) is 5.75 Å². The van der Waals surface area contributed by atoms with E-state index in [4.69, 9.17) is 9.15 Å². The van der Waals surface area contributed by atoms with Gasteiger partial charge >= 0.3 is 11.6 Å². The molecule has 0 spiro atoms. The predicted molar refractivity (Wildman–Crippen MR) is 103 cm³/mol. The van der Waals surface area contributed by atoms with Crippen molar-refractivity contribution in [1.29, 1.82) is 0 Å². The van der Waals surface area contributed by atoms with Crippen LogP contribution in [-0.4, -0.2) is 5.97 Å². The number of hydrogen-bond acceptors (Lipinski definition) is 4. The molecule has 0 aliphatic rings. The third kappa shape index (κ3) is 3.51. The lowest BCUT2D eigenvalue weighted by Gasteiger charge is -2.12. The molecule has 4 heteroatoms. The number of ether oxygens (including phenoxy) is 1. The molecule has 0 aliphatic heterocycles. The van der Waals surface area contributed by atoms with Crippen molar-refractivity contribution in [2.24, 2.45) is 0 Å². The summed E-state index contributed by atoms with van der Waals surface area (Å²) in [7, 11) is 0. The lowest BCUT2D eigenvalue weighted by atomic mass is 10.0. The van der Waals surface area contributed by atoms with Crippen molar-refractivity contribution in [2.45, 2.75) is 6.42 Å². The summed E-state index contributed by atoms with van der Waals surface area (Å²) in [4.78, 5) is 25.2. The minimum absolute atomic E-state index is 0.250. The highest BCUT2D eigenvalue weighted by atomic mass is 16.5. The lowest BCUT2D eigenvalue weighted by Crippen LogP contribution is -2.16. The number of para-hydroxylation sites is 1. The highest BCUT2D eigenvalue weighted by Gasteiger charge is 2.20. The summed E-state index contributed by atoms with van der Waals surface area (Å²) in [5.41, 5.74) is 1.55. The van der Waals surface area contributed by atoms with Crippen LogP contribution in [0.25, 0.3) is 11.0 Å². The third-order valence-electron chi connectivity index (χ3n) is 4.28. The molecule has 4 nitrogen and oxygen atoms in total. The fraction of sp³-hybridized carbons (Fsp3) is 0.0435. The quantitative estimate of drug-likeness (QED) is 0.396. The maximum absolute atomic E-state index is 12.6. The van der Waals surface area contributed by atoms with E-state index >= 15 is 0 Å². The van der Waals surface area contributed by atoms with Crippen LogP contribution < -0.4 is 10.4 Å². The second-order valence-corrected chi connectivity index (χ2v) is 6.11. The first-order valence-electron chi connectivity index (χ1n) is 8.58. The summed E-state index contributed by atoms with van der Waals surface area (Å²) < 4.78 is 11.1. The van der Waals surface area contributed by atoms with Crippen LogP contribution in [0.4, 0.5) is 0 Å². The van der Waals surface area contributed by atoms with E-state index in [1.807, 2.05) is 42.5 Å². The van der Waals surface area contributed by atoms with Gasteiger partial charge in [-0.3, -0.25) is 0 Å². The molecule has 0 fully saturated rings. The molecule has 0 atom stereocenters.